The summed E-state index contributed by atoms with van der Waals surface area (Å²) in [6.45, 7) is 2.04. The van der Waals surface area contributed by atoms with Crippen LogP contribution in [0.25, 0.3) is 0 Å². The van der Waals surface area contributed by atoms with Gasteiger partial charge in [0.25, 0.3) is 0 Å². The molecule has 3 N–H and O–H groups in total. The summed E-state index contributed by atoms with van der Waals surface area (Å²) in [6.07, 6.45) is 2.51. The van der Waals surface area contributed by atoms with Crippen LogP contribution >= 0.6 is 11.6 Å². The zero-order chi connectivity index (χ0) is 13.5. The molecule has 0 fully saturated rings. The van der Waals surface area contributed by atoms with Gasteiger partial charge in [-0.3, -0.25) is 10.1 Å². The molecule has 1 atom stereocenters. The van der Waals surface area contributed by atoms with E-state index in [1.807, 2.05) is 6.92 Å². The van der Waals surface area contributed by atoms with Crippen LogP contribution in [-0.2, 0) is 4.79 Å². The van der Waals surface area contributed by atoms with Crippen LogP contribution in [0.1, 0.15) is 26.2 Å². The highest BCUT2D eigenvalue weighted by Gasteiger charge is 2.15. The molecule has 1 aromatic heterocycles. The monoisotopic (exact) mass is 272 g/mol. The lowest BCUT2D eigenvalue weighted by Gasteiger charge is -2.11. The molecule has 0 radical (unpaired) electrons. The number of methoxy groups -OCH3 is 1. The van der Waals surface area contributed by atoms with Gasteiger partial charge in [0, 0.05) is 6.07 Å². The molecular weight excluding hydrogens is 256 g/mol. The smallest absolute Gasteiger partial charge is 0.243 e. The number of carbonyl (C=O) groups excluding carboxylic acids is 1. The van der Waals surface area contributed by atoms with Crippen molar-refractivity contribution in [3.8, 4) is 5.88 Å². The molecule has 0 aliphatic heterocycles. The van der Waals surface area contributed by atoms with Gasteiger partial charge in [-0.15, -0.1) is 0 Å². The average Bonchev–Trinajstić information content (AvgIpc) is 2.34. The first kappa shape index (κ1) is 14.7. The Labute approximate surface area is 111 Å². The highest BCUT2D eigenvalue weighted by molar-refractivity contribution is 6.29. The average molecular weight is 273 g/mol. The summed E-state index contributed by atoms with van der Waals surface area (Å²) in [5.74, 6) is 0.0523. The molecule has 1 aromatic rings. The van der Waals surface area contributed by atoms with Crippen molar-refractivity contribution in [1.29, 1.82) is 0 Å². The van der Waals surface area contributed by atoms with Gasteiger partial charge >= 0.3 is 0 Å². The van der Waals surface area contributed by atoms with Gasteiger partial charge in [-0.2, -0.15) is 4.98 Å². The first-order valence-electron chi connectivity index (χ1n) is 5.71. The van der Waals surface area contributed by atoms with Crippen LogP contribution in [0.3, 0.4) is 0 Å². The van der Waals surface area contributed by atoms with Gasteiger partial charge in [0.05, 0.1) is 13.2 Å². The lowest BCUT2D eigenvalue weighted by atomic mass is 10.1. The Morgan fingerprint density at radius 2 is 2.33 bits per heavy atom. The second-order valence-electron chi connectivity index (χ2n) is 3.79. The molecular formula is C11H17ClN4O2. The van der Waals surface area contributed by atoms with Crippen molar-refractivity contribution in [2.45, 2.75) is 32.2 Å². The minimum atomic E-state index is -0.571. The molecule has 7 heteroatoms. The van der Waals surface area contributed by atoms with Crippen molar-refractivity contribution in [1.82, 2.24) is 9.97 Å². The summed E-state index contributed by atoms with van der Waals surface area (Å²) in [6, 6.07) is 0.882. The molecule has 0 bridgehead atoms. The maximum Gasteiger partial charge on any atom is 0.243 e. The number of unbranched alkanes of at least 4 members (excludes halogenated alkanes) is 1. The Hall–Kier alpha value is -1.40. The van der Waals surface area contributed by atoms with Crippen LogP contribution in [0.5, 0.6) is 5.88 Å². The number of anilines is 1. The molecule has 0 aliphatic carbocycles. The number of nitrogens with zero attached hydrogens (tertiary/aromatic N) is 2. The Morgan fingerprint density at radius 1 is 1.61 bits per heavy atom. The number of ether oxygens (including phenoxy) is 1. The van der Waals surface area contributed by atoms with Crippen molar-refractivity contribution in [2.24, 2.45) is 5.73 Å². The quantitative estimate of drug-likeness (QED) is 0.768. The molecule has 6 nitrogen and oxygen atoms in total. The number of carbonyl (C=O) groups is 1. The van der Waals surface area contributed by atoms with Gasteiger partial charge in [0.1, 0.15) is 5.15 Å². The van der Waals surface area contributed by atoms with Crippen LogP contribution in [0.2, 0.25) is 5.15 Å². The van der Waals surface area contributed by atoms with E-state index in [4.69, 9.17) is 22.1 Å². The van der Waals surface area contributed by atoms with Crippen LogP contribution < -0.4 is 15.8 Å². The fraction of sp³-hybridized carbons (Fsp3) is 0.545. The fourth-order valence-corrected chi connectivity index (χ4v) is 1.49. The largest absolute Gasteiger partial charge is 0.481 e. The van der Waals surface area contributed by atoms with Crippen LogP contribution in [0.4, 0.5) is 5.95 Å². The summed E-state index contributed by atoms with van der Waals surface area (Å²) in [5, 5.41) is 2.71. The lowest BCUT2D eigenvalue weighted by Crippen LogP contribution is -2.36. The first-order chi connectivity index (χ1) is 8.56. The number of nitrogens with one attached hydrogen (secondary N) is 1. The number of hydrogen-bond donors (Lipinski definition) is 2. The summed E-state index contributed by atoms with van der Waals surface area (Å²) in [5.41, 5.74) is 5.73. The second-order valence-corrected chi connectivity index (χ2v) is 4.18. The molecule has 100 valence electrons. The minimum absolute atomic E-state index is 0.0938. The van der Waals surface area contributed by atoms with Gasteiger partial charge in [-0.05, 0) is 6.42 Å². The van der Waals surface area contributed by atoms with E-state index in [-0.39, 0.29) is 22.9 Å². The van der Waals surface area contributed by atoms with E-state index >= 15 is 0 Å². The molecule has 0 saturated carbocycles. The highest BCUT2D eigenvalue weighted by atomic mass is 35.5. The van der Waals surface area contributed by atoms with Crippen molar-refractivity contribution >= 4 is 23.5 Å². The molecule has 0 aliphatic rings. The van der Waals surface area contributed by atoms with E-state index in [9.17, 15) is 4.79 Å². The molecule has 0 spiro atoms. The molecule has 0 saturated heterocycles. The van der Waals surface area contributed by atoms with Crippen LogP contribution in [0, 0.1) is 0 Å². The molecule has 1 amide bonds. The maximum absolute atomic E-state index is 11.7. The van der Waals surface area contributed by atoms with Crippen molar-refractivity contribution in [3.05, 3.63) is 11.2 Å². The Morgan fingerprint density at radius 3 is 2.94 bits per heavy atom. The third-order valence-electron chi connectivity index (χ3n) is 2.32. The normalized spacial score (nSPS) is 12.0. The molecule has 1 heterocycles. The molecule has 18 heavy (non-hydrogen) atoms. The minimum Gasteiger partial charge on any atom is -0.481 e. The summed E-state index contributed by atoms with van der Waals surface area (Å²) in [7, 11) is 1.46. The van der Waals surface area contributed by atoms with Gasteiger partial charge in [0.15, 0.2) is 0 Å². The number of halogens is 1. The van der Waals surface area contributed by atoms with Crippen molar-refractivity contribution in [2.75, 3.05) is 12.4 Å². The Kier molecular flexibility index (Phi) is 5.80. The first-order valence-corrected chi connectivity index (χ1v) is 6.09. The van der Waals surface area contributed by atoms with Gasteiger partial charge < -0.3 is 10.5 Å². The highest BCUT2D eigenvalue weighted by Crippen LogP contribution is 2.15. The van der Waals surface area contributed by atoms with Crippen molar-refractivity contribution in [3.63, 3.8) is 0 Å². The SMILES string of the molecule is CCCC[C@H](N)C(=O)Nc1nc(Cl)cc(OC)n1. The van der Waals surface area contributed by atoms with E-state index in [2.05, 4.69) is 15.3 Å². The van der Waals surface area contributed by atoms with Gasteiger partial charge in [-0.25, -0.2) is 4.98 Å². The zero-order valence-corrected chi connectivity index (χ0v) is 11.2. The van der Waals surface area contributed by atoms with Crippen molar-refractivity contribution < 1.29 is 9.53 Å². The third-order valence-corrected chi connectivity index (χ3v) is 2.51. The standard InChI is InChI=1S/C11H17ClN4O2/c1-3-4-5-7(13)10(17)16-11-14-8(12)6-9(15-11)18-2/h6-7H,3-5,13H2,1-2H3,(H,14,15,16,17)/t7-/m0/s1. The van der Waals surface area contributed by atoms with E-state index in [0.717, 1.165) is 12.8 Å². The number of nitrogens with two attached hydrogens (primary N) is 1. The Balaban J connectivity index is 2.66. The number of aromatic nitrogens is 2. The third kappa shape index (κ3) is 4.46. The molecule has 0 aromatic carbocycles. The van der Waals surface area contributed by atoms with E-state index in [1.54, 1.807) is 0 Å². The van der Waals surface area contributed by atoms with Crippen LogP contribution in [0.15, 0.2) is 6.07 Å². The van der Waals surface area contributed by atoms with E-state index in [0.29, 0.717) is 6.42 Å². The summed E-state index contributed by atoms with van der Waals surface area (Å²) in [4.78, 5) is 19.5. The van der Waals surface area contributed by atoms with E-state index in [1.165, 1.54) is 13.2 Å². The number of rotatable bonds is 6. The predicted octanol–water partition coefficient (Wildman–Crippen LogP) is 1.59. The molecule has 1 rings (SSSR count). The lowest BCUT2D eigenvalue weighted by molar-refractivity contribution is -0.117. The zero-order valence-electron chi connectivity index (χ0n) is 10.4. The maximum atomic E-state index is 11.7. The second kappa shape index (κ2) is 7.13. The van der Waals surface area contributed by atoms with Crippen LogP contribution in [-0.4, -0.2) is 29.0 Å². The molecule has 0 unspecified atom stereocenters. The summed E-state index contributed by atoms with van der Waals surface area (Å²) < 4.78 is 4.92. The number of hydrogen-bond acceptors (Lipinski definition) is 5. The van der Waals surface area contributed by atoms with Gasteiger partial charge in [-0.1, -0.05) is 31.4 Å². The van der Waals surface area contributed by atoms with Gasteiger partial charge in [0.2, 0.25) is 17.7 Å². The van der Waals surface area contributed by atoms with E-state index < -0.39 is 6.04 Å². The predicted molar refractivity (Wildman–Crippen MR) is 69.7 cm³/mol. The fourth-order valence-electron chi connectivity index (χ4n) is 1.32. The topological polar surface area (TPSA) is 90.1 Å². The Bertz CT molecular complexity index is 414. The summed E-state index contributed by atoms with van der Waals surface area (Å²) >= 11 is 5.76. The number of amides is 1.